The van der Waals surface area contributed by atoms with Gasteiger partial charge in [-0.25, -0.2) is 4.79 Å². The molecule has 1 atom stereocenters. The Labute approximate surface area is 115 Å². The lowest BCUT2D eigenvalue weighted by atomic mass is 10.0. The molecule has 2 rings (SSSR count). The molecule has 1 fully saturated rings. The molecule has 1 heterocycles. The van der Waals surface area contributed by atoms with Crippen LogP contribution in [0.1, 0.15) is 23.2 Å². The molecule has 0 aromatic heterocycles. The Hall–Kier alpha value is -1.07. The average molecular weight is 313 g/mol. The van der Waals surface area contributed by atoms with Crippen molar-refractivity contribution in [3.05, 3.63) is 28.2 Å². The normalized spacial score (nSPS) is 20.7. The van der Waals surface area contributed by atoms with Crippen LogP contribution in [0.25, 0.3) is 0 Å². The van der Waals surface area contributed by atoms with Gasteiger partial charge in [-0.15, -0.1) is 0 Å². The van der Waals surface area contributed by atoms with Gasteiger partial charge in [0.2, 0.25) is 0 Å². The van der Waals surface area contributed by atoms with Crippen LogP contribution in [0, 0.1) is 0 Å². The van der Waals surface area contributed by atoms with Crippen LogP contribution >= 0.6 is 15.9 Å². The molecule has 0 amide bonds. The topological polar surface area (TPSA) is 52.6 Å². The van der Waals surface area contributed by atoms with Gasteiger partial charge in [-0.2, -0.15) is 0 Å². The van der Waals surface area contributed by atoms with Gasteiger partial charge in [-0.05, 0) is 44.6 Å². The van der Waals surface area contributed by atoms with E-state index in [2.05, 4.69) is 33.2 Å². The van der Waals surface area contributed by atoms with Crippen molar-refractivity contribution in [2.75, 3.05) is 25.5 Å². The molecule has 1 aliphatic rings. The smallest absolute Gasteiger partial charge is 0.337 e. The van der Waals surface area contributed by atoms with E-state index in [1.165, 1.54) is 0 Å². The van der Waals surface area contributed by atoms with Crippen molar-refractivity contribution in [1.82, 2.24) is 4.90 Å². The number of halogens is 1. The fraction of sp³-hybridized carbons (Fsp3) is 0.462. The summed E-state index contributed by atoms with van der Waals surface area (Å²) in [5.41, 5.74) is 1.02. The van der Waals surface area contributed by atoms with E-state index in [0.29, 0.717) is 17.3 Å². The maximum atomic E-state index is 11.2. The van der Waals surface area contributed by atoms with Crippen molar-refractivity contribution >= 4 is 27.6 Å². The number of hydrogen-bond donors (Lipinski definition) is 2. The molecule has 18 heavy (non-hydrogen) atoms. The molecule has 0 saturated carbocycles. The average Bonchev–Trinajstić information content (AvgIpc) is 2.28. The van der Waals surface area contributed by atoms with Crippen molar-refractivity contribution in [1.29, 1.82) is 0 Å². The highest BCUT2D eigenvalue weighted by atomic mass is 79.9. The third-order valence-electron chi connectivity index (χ3n) is 3.20. The quantitative estimate of drug-likeness (QED) is 0.901. The molecule has 0 radical (unpaired) electrons. The van der Waals surface area contributed by atoms with Gasteiger partial charge >= 0.3 is 5.97 Å². The zero-order chi connectivity index (χ0) is 13.1. The molecule has 2 N–H and O–H groups in total. The lowest BCUT2D eigenvalue weighted by Gasteiger charge is -2.31. The summed E-state index contributed by atoms with van der Waals surface area (Å²) in [5.74, 6) is -0.894. The highest BCUT2D eigenvalue weighted by Crippen LogP contribution is 2.24. The number of anilines is 1. The summed E-state index contributed by atoms with van der Waals surface area (Å²) in [5, 5.41) is 12.5. The van der Waals surface area contributed by atoms with Gasteiger partial charge in [0.1, 0.15) is 0 Å². The minimum atomic E-state index is -0.894. The van der Waals surface area contributed by atoms with E-state index in [1.54, 1.807) is 12.1 Å². The Morgan fingerprint density at radius 1 is 1.56 bits per heavy atom. The second-order valence-electron chi connectivity index (χ2n) is 4.74. The van der Waals surface area contributed by atoms with Crippen molar-refractivity contribution in [2.24, 2.45) is 0 Å². The molecule has 1 aliphatic heterocycles. The van der Waals surface area contributed by atoms with Crippen LogP contribution in [0.3, 0.4) is 0 Å². The SMILES string of the molecule is CN1CCCC(Nc2cc(Br)ccc2C(=O)O)C1. The van der Waals surface area contributed by atoms with Crippen LogP contribution in [-0.4, -0.2) is 42.2 Å². The lowest BCUT2D eigenvalue weighted by molar-refractivity contribution is 0.0698. The molecule has 4 nitrogen and oxygen atoms in total. The Kier molecular flexibility index (Phi) is 4.24. The number of likely N-dealkylation sites (tertiary alicyclic amines) is 1. The van der Waals surface area contributed by atoms with Crippen LogP contribution < -0.4 is 5.32 Å². The number of nitrogens with one attached hydrogen (secondary N) is 1. The molecule has 1 aromatic carbocycles. The fourth-order valence-electron chi connectivity index (χ4n) is 2.33. The lowest BCUT2D eigenvalue weighted by Crippen LogP contribution is -2.40. The van der Waals surface area contributed by atoms with E-state index < -0.39 is 5.97 Å². The standard InChI is InChI=1S/C13H17BrN2O2/c1-16-6-2-3-10(8-16)15-12-7-9(14)4-5-11(12)13(17)18/h4-5,7,10,15H,2-3,6,8H2,1H3,(H,17,18). The molecule has 1 saturated heterocycles. The van der Waals surface area contributed by atoms with Gasteiger partial charge in [0.15, 0.2) is 0 Å². The Morgan fingerprint density at radius 2 is 2.33 bits per heavy atom. The predicted molar refractivity (Wildman–Crippen MR) is 75.2 cm³/mol. The third-order valence-corrected chi connectivity index (χ3v) is 3.69. The number of carbonyl (C=O) groups is 1. The van der Waals surface area contributed by atoms with E-state index in [1.807, 2.05) is 6.07 Å². The van der Waals surface area contributed by atoms with Crippen LogP contribution in [0.2, 0.25) is 0 Å². The zero-order valence-electron chi connectivity index (χ0n) is 10.3. The number of piperidine rings is 1. The number of aromatic carboxylic acids is 1. The number of rotatable bonds is 3. The van der Waals surface area contributed by atoms with Gasteiger partial charge in [0, 0.05) is 17.1 Å². The summed E-state index contributed by atoms with van der Waals surface area (Å²) in [6.45, 7) is 2.06. The van der Waals surface area contributed by atoms with E-state index in [0.717, 1.165) is 30.4 Å². The van der Waals surface area contributed by atoms with E-state index >= 15 is 0 Å². The minimum Gasteiger partial charge on any atom is -0.478 e. The molecule has 1 unspecified atom stereocenters. The van der Waals surface area contributed by atoms with E-state index in [9.17, 15) is 9.90 Å². The van der Waals surface area contributed by atoms with Crippen molar-refractivity contribution < 1.29 is 9.90 Å². The van der Waals surface area contributed by atoms with Gasteiger partial charge in [0.25, 0.3) is 0 Å². The van der Waals surface area contributed by atoms with Gasteiger partial charge in [-0.1, -0.05) is 15.9 Å². The Morgan fingerprint density at radius 3 is 3.00 bits per heavy atom. The molecule has 5 heteroatoms. The first kappa shape index (κ1) is 13.4. The predicted octanol–water partition coefficient (Wildman–Crippen LogP) is 2.65. The third kappa shape index (κ3) is 3.23. The highest BCUT2D eigenvalue weighted by Gasteiger charge is 2.19. The molecular formula is C13H17BrN2O2. The van der Waals surface area contributed by atoms with Crippen LogP contribution in [0.4, 0.5) is 5.69 Å². The van der Waals surface area contributed by atoms with E-state index in [-0.39, 0.29) is 0 Å². The molecule has 0 spiro atoms. The first-order valence-electron chi connectivity index (χ1n) is 6.04. The van der Waals surface area contributed by atoms with Crippen molar-refractivity contribution in [2.45, 2.75) is 18.9 Å². The maximum Gasteiger partial charge on any atom is 0.337 e. The maximum absolute atomic E-state index is 11.2. The number of likely N-dealkylation sites (N-methyl/N-ethyl adjacent to an activating group) is 1. The minimum absolute atomic E-state index is 0.316. The van der Waals surface area contributed by atoms with Crippen molar-refractivity contribution in [3.8, 4) is 0 Å². The largest absolute Gasteiger partial charge is 0.478 e. The highest BCUT2D eigenvalue weighted by molar-refractivity contribution is 9.10. The Bertz CT molecular complexity index is 451. The van der Waals surface area contributed by atoms with Gasteiger partial charge in [0.05, 0.1) is 11.3 Å². The number of carboxylic acid groups (broad SMARTS) is 1. The van der Waals surface area contributed by atoms with Crippen LogP contribution in [0.15, 0.2) is 22.7 Å². The van der Waals surface area contributed by atoms with E-state index in [4.69, 9.17) is 0 Å². The summed E-state index contributed by atoms with van der Waals surface area (Å²) in [6, 6.07) is 5.53. The molecule has 1 aromatic rings. The summed E-state index contributed by atoms with van der Waals surface area (Å²) < 4.78 is 0.888. The number of hydrogen-bond acceptors (Lipinski definition) is 3. The fourth-order valence-corrected chi connectivity index (χ4v) is 2.69. The summed E-state index contributed by atoms with van der Waals surface area (Å²) >= 11 is 3.38. The second-order valence-corrected chi connectivity index (χ2v) is 5.66. The summed E-state index contributed by atoms with van der Waals surface area (Å²) in [4.78, 5) is 13.4. The van der Waals surface area contributed by atoms with Gasteiger partial charge in [-0.3, -0.25) is 0 Å². The summed E-state index contributed by atoms with van der Waals surface area (Å²) in [6.07, 6.45) is 2.22. The first-order chi connectivity index (χ1) is 8.56. The monoisotopic (exact) mass is 312 g/mol. The van der Waals surface area contributed by atoms with Crippen molar-refractivity contribution in [3.63, 3.8) is 0 Å². The molecular weight excluding hydrogens is 296 g/mol. The van der Waals surface area contributed by atoms with Crippen LogP contribution in [-0.2, 0) is 0 Å². The van der Waals surface area contributed by atoms with Gasteiger partial charge < -0.3 is 15.3 Å². The Balaban J connectivity index is 2.16. The molecule has 0 bridgehead atoms. The summed E-state index contributed by atoms with van der Waals surface area (Å²) in [7, 11) is 2.09. The number of benzene rings is 1. The second kappa shape index (κ2) is 5.71. The van der Waals surface area contributed by atoms with Crippen LogP contribution in [0.5, 0.6) is 0 Å². The molecule has 0 aliphatic carbocycles. The molecule has 98 valence electrons. The zero-order valence-corrected chi connectivity index (χ0v) is 11.9. The number of carboxylic acids is 1. The first-order valence-corrected chi connectivity index (χ1v) is 6.83. The number of nitrogens with zero attached hydrogens (tertiary/aromatic N) is 1.